The van der Waals surface area contributed by atoms with Gasteiger partial charge in [0.05, 0.1) is 3.79 Å². The van der Waals surface area contributed by atoms with E-state index in [1.54, 1.807) is 17.4 Å². The van der Waals surface area contributed by atoms with Crippen LogP contribution in [0.25, 0.3) is 6.08 Å². The molecule has 0 aliphatic carbocycles. The summed E-state index contributed by atoms with van der Waals surface area (Å²) in [4.78, 5) is 25.1. The van der Waals surface area contributed by atoms with Crippen molar-refractivity contribution in [1.82, 2.24) is 14.8 Å². The second kappa shape index (κ2) is 9.87. The van der Waals surface area contributed by atoms with Crippen molar-refractivity contribution in [2.45, 2.75) is 12.8 Å². The third-order valence-corrected chi connectivity index (χ3v) is 7.27. The highest BCUT2D eigenvalue weighted by molar-refractivity contribution is 9.11. The zero-order chi connectivity index (χ0) is 20.1. The van der Waals surface area contributed by atoms with Crippen molar-refractivity contribution >= 4 is 45.1 Å². The first-order valence-corrected chi connectivity index (χ1v) is 11.9. The lowest BCUT2D eigenvalue weighted by molar-refractivity contribution is -0.127. The van der Waals surface area contributed by atoms with Crippen LogP contribution < -0.4 is 4.90 Å². The number of carbonyl (C=O) groups is 1. The SMILES string of the molecule is O=C(/C=C/c1ccc(Br)s1)N1CCCC(CN2CCN(c3ccccn3)CC2)C1. The highest BCUT2D eigenvalue weighted by Gasteiger charge is 2.26. The summed E-state index contributed by atoms with van der Waals surface area (Å²) in [6.07, 6.45) is 7.83. The van der Waals surface area contributed by atoms with E-state index < -0.39 is 0 Å². The minimum absolute atomic E-state index is 0.138. The van der Waals surface area contributed by atoms with E-state index in [1.165, 1.54) is 6.42 Å². The summed E-state index contributed by atoms with van der Waals surface area (Å²) in [5.74, 6) is 1.78. The Morgan fingerprint density at radius 2 is 2.03 bits per heavy atom. The summed E-state index contributed by atoms with van der Waals surface area (Å²) in [5, 5.41) is 0. The van der Waals surface area contributed by atoms with Crippen LogP contribution in [0.2, 0.25) is 0 Å². The summed E-state index contributed by atoms with van der Waals surface area (Å²) < 4.78 is 1.09. The number of anilines is 1. The number of thiophene rings is 1. The number of pyridine rings is 1. The quantitative estimate of drug-likeness (QED) is 0.614. The maximum absolute atomic E-state index is 12.6. The van der Waals surface area contributed by atoms with Crippen LogP contribution in [0.15, 0.2) is 46.4 Å². The number of piperazine rings is 1. The molecule has 1 atom stereocenters. The molecule has 2 aliphatic heterocycles. The van der Waals surface area contributed by atoms with Crippen molar-refractivity contribution in [3.63, 3.8) is 0 Å². The minimum Gasteiger partial charge on any atom is -0.354 e. The summed E-state index contributed by atoms with van der Waals surface area (Å²) in [5.41, 5.74) is 0. The zero-order valence-electron chi connectivity index (χ0n) is 16.5. The first kappa shape index (κ1) is 20.6. The Morgan fingerprint density at radius 1 is 1.17 bits per heavy atom. The molecule has 2 aromatic heterocycles. The molecule has 0 saturated carbocycles. The van der Waals surface area contributed by atoms with E-state index in [0.29, 0.717) is 5.92 Å². The predicted octanol–water partition coefficient (Wildman–Crippen LogP) is 3.98. The molecule has 29 heavy (non-hydrogen) atoms. The summed E-state index contributed by atoms with van der Waals surface area (Å²) in [6.45, 7) is 7.00. The van der Waals surface area contributed by atoms with E-state index >= 15 is 0 Å². The maximum Gasteiger partial charge on any atom is 0.246 e. The van der Waals surface area contributed by atoms with Crippen LogP contribution in [-0.4, -0.2) is 66.5 Å². The molecular weight excluding hydrogens is 448 g/mol. The molecule has 2 saturated heterocycles. The second-order valence-corrected chi connectivity index (χ2v) is 10.2. The largest absolute Gasteiger partial charge is 0.354 e. The van der Waals surface area contributed by atoms with Crippen LogP contribution in [0.1, 0.15) is 17.7 Å². The Bertz CT molecular complexity index is 832. The molecule has 4 heterocycles. The van der Waals surface area contributed by atoms with Crippen molar-refractivity contribution in [1.29, 1.82) is 0 Å². The number of piperidine rings is 1. The first-order valence-electron chi connectivity index (χ1n) is 10.3. The van der Waals surface area contributed by atoms with Gasteiger partial charge in [-0.05, 0) is 65.0 Å². The third kappa shape index (κ3) is 5.68. The molecule has 0 spiro atoms. The Hall–Kier alpha value is -1.70. The van der Waals surface area contributed by atoms with Gasteiger partial charge in [-0.1, -0.05) is 6.07 Å². The number of carbonyl (C=O) groups excluding carboxylic acids is 1. The molecule has 0 aromatic carbocycles. The monoisotopic (exact) mass is 474 g/mol. The van der Waals surface area contributed by atoms with E-state index in [-0.39, 0.29) is 5.91 Å². The molecule has 5 nitrogen and oxygen atoms in total. The van der Waals surface area contributed by atoms with Crippen molar-refractivity contribution in [2.24, 2.45) is 5.92 Å². The van der Waals surface area contributed by atoms with E-state index in [1.807, 2.05) is 41.4 Å². The molecule has 7 heteroatoms. The normalized spacial score (nSPS) is 21.1. The minimum atomic E-state index is 0.138. The Morgan fingerprint density at radius 3 is 2.76 bits per heavy atom. The van der Waals surface area contributed by atoms with Gasteiger partial charge < -0.3 is 9.80 Å². The van der Waals surface area contributed by atoms with Crippen LogP contribution in [0.5, 0.6) is 0 Å². The van der Waals surface area contributed by atoms with Gasteiger partial charge in [-0.25, -0.2) is 4.98 Å². The van der Waals surface area contributed by atoms with Gasteiger partial charge in [0, 0.05) is 63.0 Å². The molecule has 2 aliphatic rings. The Labute approximate surface area is 185 Å². The fourth-order valence-corrected chi connectivity index (χ4v) is 5.48. The lowest BCUT2D eigenvalue weighted by Crippen LogP contribution is -2.50. The van der Waals surface area contributed by atoms with E-state index in [4.69, 9.17) is 0 Å². The Balaban J connectivity index is 1.25. The van der Waals surface area contributed by atoms with Gasteiger partial charge in [0.25, 0.3) is 0 Å². The molecule has 2 aromatic rings. The maximum atomic E-state index is 12.6. The van der Waals surface area contributed by atoms with Gasteiger partial charge in [0.15, 0.2) is 0 Å². The smallest absolute Gasteiger partial charge is 0.246 e. The summed E-state index contributed by atoms with van der Waals surface area (Å²) in [6, 6.07) is 10.1. The van der Waals surface area contributed by atoms with E-state index in [2.05, 4.69) is 36.8 Å². The molecule has 4 rings (SSSR count). The lowest BCUT2D eigenvalue weighted by atomic mass is 9.97. The van der Waals surface area contributed by atoms with Crippen LogP contribution in [-0.2, 0) is 4.79 Å². The van der Waals surface area contributed by atoms with Gasteiger partial charge in [-0.2, -0.15) is 0 Å². The number of rotatable bonds is 5. The highest BCUT2D eigenvalue weighted by Crippen LogP contribution is 2.24. The standard InChI is InChI=1S/C22H27BrN4OS/c23-20-8-6-19(29-20)7-9-22(28)27-11-3-4-18(17-27)16-25-12-14-26(15-13-25)21-5-1-2-10-24-21/h1-2,5-10,18H,3-4,11-17H2/b9-7+. The van der Waals surface area contributed by atoms with Crippen molar-refractivity contribution in [3.05, 3.63) is 51.3 Å². The van der Waals surface area contributed by atoms with Crippen LogP contribution >= 0.6 is 27.3 Å². The number of hydrogen-bond donors (Lipinski definition) is 0. The van der Waals surface area contributed by atoms with Crippen LogP contribution in [0.4, 0.5) is 5.82 Å². The van der Waals surface area contributed by atoms with Gasteiger partial charge >= 0.3 is 0 Å². The lowest BCUT2D eigenvalue weighted by Gasteiger charge is -2.39. The van der Waals surface area contributed by atoms with Gasteiger partial charge in [-0.3, -0.25) is 9.69 Å². The number of likely N-dealkylation sites (tertiary alicyclic amines) is 1. The summed E-state index contributed by atoms with van der Waals surface area (Å²) >= 11 is 5.11. The van der Waals surface area contributed by atoms with Gasteiger partial charge in [-0.15, -0.1) is 11.3 Å². The van der Waals surface area contributed by atoms with Gasteiger partial charge in [0.1, 0.15) is 5.82 Å². The Kier molecular flexibility index (Phi) is 7.00. The van der Waals surface area contributed by atoms with Crippen molar-refractivity contribution in [3.8, 4) is 0 Å². The molecule has 0 bridgehead atoms. The zero-order valence-corrected chi connectivity index (χ0v) is 18.9. The van der Waals surface area contributed by atoms with Gasteiger partial charge in [0.2, 0.25) is 5.91 Å². The fraction of sp³-hybridized carbons (Fsp3) is 0.455. The number of nitrogens with zero attached hydrogens (tertiary/aromatic N) is 4. The average molecular weight is 475 g/mol. The van der Waals surface area contributed by atoms with E-state index in [9.17, 15) is 4.79 Å². The highest BCUT2D eigenvalue weighted by atomic mass is 79.9. The average Bonchev–Trinajstić information content (AvgIpc) is 3.18. The fourth-order valence-electron chi connectivity index (χ4n) is 4.16. The molecule has 1 unspecified atom stereocenters. The van der Waals surface area contributed by atoms with Crippen LogP contribution in [0.3, 0.4) is 0 Å². The molecule has 2 fully saturated rings. The van der Waals surface area contributed by atoms with Crippen LogP contribution in [0, 0.1) is 5.92 Å². The first-order chi connectivity index (χ1) is 14.2. The number of aromatic nitrogens is 1. The second-order valence-electron chi connectivity index (χ2n) is 7.74. The number of amides is 1. The molecule has 154 valence electrons. The molecule has 0 radical (unpaired) electrons. The molecular formula is C22H27BrN4OS. The van der Waals surface area contributed by atoms with Crippen molar-refractivity contribution < 1.29 is 4.79 Å². The predicted molar refractivity (Wildman–Crippen MR) is 123 cm³/mol. The molecule has 0 N–H and O–H groups in total. The number of hydrogen-bond acceptors (Lipinski definition) is 5. The van der Waals surface area contributed by atoms with Crippen molar-refractivity contribution in [2.75, 3.05) is 50.7 Å². The third-order valence-electron chi connectivity index (χ3n) is 5.68. The number of halogens is 1. The topological polar surface area (TPSA) is 39.7 Å². The molecule has 1 amide bonds. The summed E-state index contributed by atoms with van der Waals surface area (Å²) in [7, 11) is 0. The van der Waals surface area contributed by atoms with E-state index in [0.717, 1.165) is 66.7 Å².